The first-order chi connectivity index (χ1) is 4.81. The molecule has 0 amide bonds. The summed E-state index contributed by atoms with van der Waals surface area (Å²) in [5, 5.41) is 0. The van der Waals surface area contributed by atoms with E-state index in [1.54, 1.807) is 13.0 Å². The summed E-state index contributed by atoms with van der Waals surface area (Å²) in [5.74, 6) is 0. The van der Waals surface area contributed by atoms with E-state index >= 15 is 0 Å². The Hall–Kier alpha value is -0.150. The second-order valence-electron chi connectivity index (χ2n) is 1.42. The molecule has 0 aromatic heterocycles. The van der Waals surface area contributed by atoms with Gasteiger partial charge >= 0.3 is 8.25 Å². The highest BCUT2D eigenvalue weighted by atomic mass is 31.1. The predicted octanol–water partition coefficient (Wildman–Crippen LogP) is 1.12. The van der Waals surface area contributed by atoms with Gasteiger partial charge in [-0.25, -0.2) is 4.62 Å². The smallest absolute Gasteiger partial charge is 0.310 e. The lowest BCUT2D eigenvalue weighted by molar-refractivity contribution is 0.168. The number of nitrogens with one attached hydrogen (secondary N) is 1. The van der Waals surface area contributed by atoms with Crippen molar-refractivity contribution < 1.29 is 13.7 Å². The van der Waals surface area contributed by atoms with Crippen molar-refractivity contribution >= 4 is 8.25 Å². The Morgan fingerprint density at radius 3 is 3.00 bits per heavy atom. The fourth-order valence-corrected chi connectivity index (χ4v) is 0.803. The highest BCUT2D eigenvalue weighted by Crippen LogP contribution is 2.20. The van der Waals surface area contributed by atoms with Gasteiger partial charge in [-0.05, 0) is 6.92 Å². The molecule has 0 aromatic carbocycles. The highest BCUT2D eigenvalue weighted by molar-refractivity contribution is 7.33. The molecular weight excluding hydrogens is 153 g/mol. The van der Waals surface area contributed by atoms with Crippen LogP contribution in [0, 0.1) is 0 Å². The van der Waals surface area contributed by atoms with Crippen LogP contribution in [0.15, 0.2) is 12.7 Å². The zero-order valence-corrected chi connectivity index (χ0v) is 6.92. The molecule has 0 spiro atoms. The van der Waals surface area contributed by atoms with Crippen molar-refractivity contribution in [1.82, 2.24) is 5.48 Å². The largest absolute Gasteiger partial charge is 0.335 e. The minimum atomic E-state index is -2.32. The van der Waals surface area contributed by atoms with Crippen molar-refractivity contribution in [2.75, 3.05) is 13.2 Å². The van der Waals surface area contributed by atoms with Gasteiger partial charge in [-0.3, -0.25) is 4.57 Å². The molecule has 5 heteroatoms. The summed E-state index contributed by atoms with van der Waals surface area (Å²) in [6, 6.07) is 0. The Kier molecular flexibility index (Phi) is 6.86. The van der Waals surface area contributed by atoms with Gasteiger partial charge in [-0.1, -0.05) is 6.08 Å². The Balaban J connectivity index is 3.13. The lowest BCUT2D eigenvalue weighted by Crippen LogP contribution is -2.09. The lowest BCUT2D eigenvalue weighted by Gasteiger charge is -2.01. The molecule has 4 nitrogen and oxygen atoms in total. The van der Waals surface area contributed by atoms with Gasteiger partial charge < -0.3 is 4.52 Å². The number of hydrogen-bond acceptors (Lipinski definition) is 4. The van der Waals surface area contributed by atoms with Crippen LogP contribution in [-0.2, 0) is 13.7 Å². The van der Waals surface area contributed by atoms with Gasteiger partial charge in [-0.2, -0.15) is 5.48 Å². The first-order valence-corrected chi connectivity index (χ1v) is 4.21. The molecule has 1 N–H and O–H groups in total. The van der Waals surface area contributed by atoms with E-state index in [1.165, 1.54) is 0 Å². The average molecular weight is 165 g/mol. The molecular formula is C5H12NO3P. The van der Waals surface area contributed by atoms with Crippen molar-refractivity contribution in [2.45, 2.75) is 6.92 Å². The van der Waals surface area contributed by atoms with Gasteiger partial charge in [0, 0.05) is 6.54 Å². The molecule has 0 saturated carbocycles. The minimum Gasteiger partial charge on any atom is -0.310 e. The Morgan fingerprint density at radius 1 is 1.80 bits per heavy atom. The standard InChI is InChI=1S/C5H12NO3P/c1-3-5-6-9-10(7)8-4-2/h3,6,10H,1,4-5H2,2H3. The molecule has 0 fully saturated rings. The summed E-state index contributed by atoms with van der Waals surface area (Å²) >= 11 is 0. The maximum atomic E-state index is 10.6. The van der Waals surface area contributed by atoms with E-state index in [9.17, 15) is 4.57 Å². The number of rotatable bonds is 6. The van der Waals surface area contributed by atoms with E-state index in [-0.39, 0.29) is 0 Å². The van der Waals surface area contributed by atoms with Crippen LogP contribution in [0.4, 0.5) is 0 Å². The second kappa shape index (κ2) is 6.96. The van der Waals surface area contributed by atoms with Gasteiger partial charge in [0.05, 0.1) is 6.61 Å². The van der Waals surface area contributed by atoms with Crippen molar-refractivity contribution in [1.29, 1.82) is 0 Å². The summed E-state index contributed by atoms with van der Waals surface area (Å²) in [5.41, 5.74) is 2.41. The van der Waals surface area contributed by atoms with Crippen LogP contribution in [0.2, 0.25) is 0 Å². The minimum absolute atomic E-state index is 0.396. The summed E-state index contributed by atoms with van der Waals surface area (Å²) < 4.78 is 19.7. The first kappa shape index (κ1) is 9.85. The third kappa shape index (κ3) is 5.98. The predicted molar refractivity (Wildman–Crippen MR) is 39.9 cm³/mol. The third-order valence-electron chi connectivity index (χ3n) is 0.645. The lowest BCUT2D eigenvalue weighted by atomic mass is 10.7. The average Bonchev–Trinajstić information content (AvgIpc) is 1.89. The van der Waals surface area contributed by atoms with Gasteiger partial charge in [0.1, 0.15) is 0 Å². The molecule has 1 atom stereocenters. The van der Waals surface area contributed by atoms with Crippen LogP contribution in [0.3, 0.4) is 0 Å². The molecule has 0 rings (SSSR count). The van der Waals surface area contributed by atoms with Gasteiger partial charge in [0.25, 0.3) is 0 Å². The fourth-order valence-electron chi connectivity index (χ4n) is 0.307. The van der Waals surface area contributed by atoms with Crippen LogP contribution in [0.25, 0.3) is 0 Å². The van der Waals surface area contributed by atoms with E-state index in [2.05, 4.69) is 21.2 Å². The van der Waals surface area contributed by atoms with Crippen molar-refractivity contribution in [2.24, 2.45) is 0 Å². The topological polar surface area (TPSA) is 47.6 Å². The highest BCUT2D eigenvalue weighted by Gasteiger charge is 1.93. The van der Waals surface area contributed by atoms with Crippen LogP contribution < -0.4 is 5.48 Å². The zero-order chi connectivity index (χ0) is 7.82. The van der Waals surface area contributed by atoms with Gasteiger partial charge in [-0.15, -0.1) is 6.58 Å². The maximum absolute atomic E-state index is 10.6. The first-order valence-electron chi connectivity index (χ1n) is 2.98. The number of hydrogen-bond donors (Lipinski definition) is 1. The Bertz CT molecular complexity index is 117. The van der Waals surface area contributed by atoms with E-state index in [1.807, 2.05) is 0 Å². The SMILES string of the molecule is C=CCNO[PH](=O)OCC. The molecule has 0 aliphatic carbocycles. The van der Waals surface area contributed by atoms with E-state index in [0.29, 0.717) is 13.2 Å². The second-order valence-corrected chi connectivity index (χ2v) is 2.42. The maximum Gasteiger partial charge on any atom is 0.335 e. The summed E-state index contributed by atoms with van der Waals surface area (Å²) in [4.78, 5) is 0. The molecule has 1 unspecified atom stereocenters. The van der Waals surface area contributed by atoms with Crippen LogP contribution in [-0.4, -0.2) is 13.2 Å². The summed E-state index contributed by atoms with van der Waals surface area (Å²) in [6.07, 6.45) is 1.60. The molecule has 0 aliphatic heterocycles. The van der Waals surface area contributed by atoms with Gasteiger partial charge in [0.2, 0.25) is 0 Å². The summed E-state index contributed by atoms with van der Waals surface area (Å²) in [6.45, 7) is 6.04. The molecule has 0 radical (unpaired) electrons. The monoisotopic (exact) mass is 165 g/mol. The van der Waals surface area contributed by atoms with Crippen molar-refractivity contribution in [3.05, 3.63) is 12.7 Å². The molecule has 0 aromatic rings. The zero-order valence-electron chi connectivity index (χ0n) is 5.92. The van der Waals surface area contributed by atoms with Crippen LogP contribution >= 0.6 is 8.25 Å². The van der Waals surface area contributed by atoms with E-state index in [0.717, 1.165) is 0 Å². The molecule has 0 saturated heterocycles. The Labute approximate surface area is 61.1 Å². The van der Waals surface area contributed by atoms with E-state index < -0.39 is 8.25 Å². The van der Waals surface area contributed by atoms with Gasteiger partial charge in [0.15, 0.2) is 0 Å². The Morgan fingerprint density at radius 2 is 2.50 bits per heavy atom. The van der Waals surface area contributed by atoms with Crippen LogP contribution in [0.5, 0.6) is 0 Å². The van der Waals surface area contributed by atoms with Crippen LogP contribution in [0.1, 0.15) is 6.92 Å². The molecule has 0 bridgehead atoms. The fraction of sp³-hybridized carbons (Fsp3) is 0.600. The quantitative estimate of drug-likeness (QED) is 0.277. The number of hydroxylamine groups is 1. The van der Waals surface area contributed by atoms with E-state index in [4.69, 9.17) is 0 Å². The summed E-state index contributed by atoms with van der Waals surface area (Å²) in [7, 11) is -2.32. The normalized spacial score (nSPS) is 12.9. The van der Waals surface area contributed by atoms with Crippen molar-refractivity contribution in [3.63, 3.8) is 0 Å². The third-order valence-corrected chi connectivity index (χ3v) is 1.48. The molecule has 10 heavy (non-hydrogen) atoms. The molecule has 0 aliphatic rings. The van der Waals surface area contributed by atoms with Crippen molar-refractivity contribution in [3.8, 4) is 0 Å². The molecule has 0 heterocycles. The molecule has 60 valence electrons.